The summed E-state index contributed by atoms with van der Waals surface area (Å²) in [4.78, 5) is 16.2. The van der Waals surface area contributed by atoms with Crippen LogP contribution >= 0.6 is 11.8 Å². The number of aliphatic imine (C=N–C) groups is 1. The van der Waals surface area contributed by atoms with E-state index in [1.165, 1.54) is 18.7 Å². The van der Waals surface area contributed by atoms with Crippen LogP contribution in [0.25, 0.3) is 0 Å². The van der Waals surface area contributed by atoms with E-state index in [9.17, 15) is 4.79 Å². The predicted octanol–water partition coefficient (Wildman–Crippen LogP) is 3.98. The first-order valence-corrected chi connectivity index (χ1v) is 10.2. The monoisotopic (exact) mass is 423 g/mol. The van der Waals surface area contributed by atoms with Crippen LogP contribution in [0.5, 0.6) is 11.5 Å². The van der Waals surface area contributed by atoms with Crippen molar-refractivity contribution >= 4 is 34.4 Å². The molecule has 0 atom stereocenters. The lowest BCUT2D eigenvalue weighted by molar-refractivity contribution is -0.132. The minimum Gasteiger partial charge on any atom is -0.493 e. The van der Waals surface area contributed by atoms with Gasteiger partial charge in [-0.15, -0.1) is 5.10 Å². The minimum atomic E-state index is -0.410. The second-order valence-electron chi connectivity index (χ2n) is 6.57. The van der Waals surface area contributed by atoms with Crippen LogP contribution in [0, 0.1) is 0 Å². The van der Waals surface area contributed by atoms with Crippen molar-refractivity contribution < 1.29 is 19.0 Å². The lowest BCUT2D eigenvalue weighted by atomic mass is 9.96. The Morgan fingerprint density at radius 2 is 1.87 bits per heavy atom. The smallest absolute Gasteiger partial charge is 0.309 e. The van der Waals surface area contributed by atoms with E-state index >= 15 is 0 Å². The average Bonchev–Trinajstić information content (AvgIpc) is 3.15. The van der Waals surface area contributed by atoms with Gasteiger partial charge in [-0.25, -0.2) is 5.01 Å². The molecule has 0 aliphatic carbocycles. The topological polar surface area (TPSA) is 72.7 Å². The number of rotatable bonds is 4. The average molecular weight is 423 g/mol. The summed E-state index contributed by atoms with van der Waals surface area (Å²) in [6.45, 7) is 2.04. The normalized spacial score (nSPS) is 16.6. The molecule has 0 spiro atoms. The molecule has 0 N–H and O–H groups in total. The second-order valence-corrected chi connectivity index (χ2v) is 7.54. The van der Waals surface area contributed by atoms with E-state index in [4.69, 9.17) is 19.2 Å². The molecule has 0 amide bonds. The van der Waals surface area contributed by atoms with Crippen LogP contribution in [0.2, 0.25) is 0 Å². The van der Waals surface area contributed by atoms with Gasteiger partial charge in [0.2, 0.25) is 0 Å². The molecule has 0 fully saturated rings. The molecule has 0 bridgehead atoms. The fraction of sp³-hybridized carbons (Fsp3) is 0.227. The SMILES string of the molecule is COc1cc2c(cc1OC)C(/C=C1/SC(OC(C)=O)=NN1c1ccccc1)=NCC2. The number of benzene rings is 2. The van der Waals surface area contributed by atoms with Crippen LogP contribution in [0.4, 0.5) is 5.69 Å². The maximum atomic E-state index is 11.4. The number of esters is 1. The van der Waals surface area contributed by atoms with Crippen molar-refractivity contribution in [2.24, 2.45) is 10.1 Å². The zero-order valence-corrected chi connectivity index (χ0v) is 17.7. The Morgan fingerprint density at radius 1 is 1.13 bits per heavy atom. The highest BCUT2D eigenvalue weighted by Gasteiger charge is 2.27. The number of hydrazone groups is 1. The molecule has 0 radical (unpaired) electrons. The number of anilines is 1. The van der Waals surface area contributed by atoms with Crippen LogP contribution in [0.15, 0.2) is 63.7 Å². The van der Waals surface area contributed by atoms with E-state index in [0.29, 0.717) is 18.0 Å². The van der Waals surface area contributed by atoms with E-state index in [0.717, 1.165) is 34.0 Å². The molecular formula is C22H21N3O4S. The third-order valence-corrected chi connectivity index (χ3v) is 5.46. The standard InChI is InChI=1S/C22H21N3O4S/c1-14(26)29-22-24-25(16-7-5-4-6-8-16)21(30-22)13-18-17-12-20(28-3)19(27-2)11-15(17)9-10-23-18/h4-8,11-13H,9-10H2,1-3H3/b21-13+. The molecule has 0 aromatic heterocycles. The first-order valence-electron chi connectivity index (χ1n) is 9.40. The van der Waals surface area contributed by atoms with Crippen molar-refractivity contribution in [3.63, 3.8) is 0 Å². The van der Waals surface area contributed by atoms with Crippen LogP contribution in [-0.2, 0) is 16.0 Å². The van der Waals surface area contributed by atoms with Crippen molar-refractivity contribution in [3.05, 3.63) is 64.7 Å². The minimum absolute atomic E-state index is 0.279. The summed E-state index contributed by atoms with van der Waals surface area (Å²) in [7, 11) is 3.25. The Morgan fingerprint density at radius 3 is 2.57 bits per heavy atom. The number of carbonyl (C=O) groups is 1. The number of fused-ring (bicyclic) bond motifs is 1. The molecule has 2 aromatic rings. The van der Waals surface area contributed by atoms with Crippen molar-refractivity contribution in [3.8, 4) is 11.5 Å². The van der Waals surface area contributed by atoms with Crippen molar-refractivity contribution in [1.29, 1.82) is 0 Å². The van der Waals surface area contributed by atoms with Gasteiger partial charge < -0.3 is 14.2 Å². The highest BCUT2D eigenvalue weighted by atomic mass is 32.2. The number of ether oxygens (including phenoxy) is 3. The molecule has 8 heteroatoms. The quantitative estimate of drug-likeness (QED) is 0.693. The molecule has 0 saturated heterocycles. The number of allylic oxidation sites excluding steroid dienone is 1. The van der Waals surface area contributed by atoms with Crippen LogP contribution in [0.3, 0.4) is 0 Å². The third-order valence-electron chi connectivity index (χ3n) is 4.62. The van der Waals surface area contributed by atoms with Gasteiger partial charge in [-0.2, -0.15) is 0 Å². The predicted molar refractivity (Wildman–Crippen MR) is 118 cm³/mol. The maximum absolute atomic E-state index is 11.4. The maximum Gasteiger partial charge on any atom is 0.309 e. The van der Waals surface area contributed by atoms with Crippen molar-refractivity contribution in [2.45, 2.75) is 13.3 Å². The fourth-order valence-corrected chi connectivity index (χ4v) is 4.15. The van der Waals surface area contributed by atoms with Crippen molar-refractivity contribution in [1.82, 2.24) is 0 Å². The van der Waals surface area contributed by atoms with Gasteiger partial charge in [-0.05, 0) is 54.1 Å². The number of hydrogen-bond donors (Lipinski definition) is 0. The molecule has 30 heavy (non-hydrogen) atoms. The fourth-order valence-electron chi connectivity index (χ4n) is 3.28. The van der Waals surface area contributed by atoms with Crippen molar-refractivity contribution in [2.75, 3.05) is 25.8 Å². The molecule has 2 aliphatic heterocycles. The largest absolute Gasteiger partial charge is 0.493 e. The first kappa shape index (κ1) is 20.0. The van der Waals surface area contributed by atoms with Gasteiger partial charge in [0.25, 0.3) is 5.23 Å². The lowest BCUT2D eigenvalue weighted by Gasteiger charge is -2.20. The van der Waals surface area contributed by atoms with Crippen LogP contribution in [-0.4, -0.2) is 37.7 Å². The van der Waals surface area contributed by atoms with E-state index in [-0.39, 0.29) is 5.23 Å². The molecule has 0 unspecified atom stereocenters. The Bertz CT molecular complexity index is 1060. The summed E-state index contributed by atoms with van der Waals surface area (Å²) >= 11 is 1.29. The molecule has 2 aliphatic rings. The number of methoxy groups -OCH3 is 2. The number of thioether (sulfide) groups is 1. The van der Waals surface area contributed by atoms with Gasteiger partial charge in [0.1, 0.15) is 5.03 Å². The van der Waals surface area contributed by atoms with Gasteiger partial charge in [0.05, 0.1) is 25.6 Å². The molecule has 2 heterocycles. The summed E-state index contributed by atoms with van der Waals surface area (Å²) < 4.78 is 16.1. The number of carbonyl (C=O) groups excluding carboxylic acids is 1. The summed E-state index contributed by atoms with van der Waals surface area (Å²) in [5.74, 6) is 0.944. The van der Waals surface area contributed by atoms with Gasteiger partial charge in [0, 0.05) is 19.0 Å². The molecule has 2 aromatic carbocycles. The van der Waals surface area contributed by atoms with Crippen LogP contribution < -0.4 is 14.5 Å². The summed E-state index contributed by atoms with van der Waals surface area (Å²) in [6.07, 6.45) is 2.79. The van der Waals surface area contributed by atoms with Gasteiger partial charge in [-0.3, -0.25) is 9.79 Å². The van der Waals surface area contributed by atoms with E-state index in [2.05, 4.69) is 5.10 Å². The highest BCUT2D eigenvalue weighted by molar-refractivity contribution is 8.17. The van der Waals surface area contributed by atoms with Gasteiger partial charge in [-0.1, -0.05) is 18.2 Å². The number of para-hydroxylation sites is 1. The van der Waals surface area contributed by atoms with Gasteiger partial charge in [0.15, 0.2) is 11.5 Å². The third kappa shape index (κ3) is 4.04. The first-order chi connectivity index (χ1) is 14.6. The Balaban J connectivity index is 1.73. The Kier molecular flexibility index (Phi) is 5.76. The zero-order valence-electron chi connectivity index (χ0n) is 16.9. The van der Waals surface area contributed by atoms with E-state index < -0.39 is 5.97 Å². The Labute approximate surface area is 179 Å². The zero-order chi connectivity index (χ0) is 21.1. The summed E-state index contributed by atoms with van der Waals surface area (Å²) in [5, 5.41) is 7.28. The van der Waals surface area contributed by atoms with E-state index in [1.54, 1.807) is 19.2 Å². The Hall–Kier alpha value is -3.26. The number of nitrogens with zero attached hydrogens (tertiary/aromatic N) is 3. The van der Waals surface area contributed by atoms with Gasteiger partial charge >= 0.3 is 5.97 Å². The van der Waals surface area contributed by atoms with E-state index in [1.807, 2.05) is 48.5 Å². The summed E-state index contributed by atoms with van der Waals surface area (Å²) in [5.41, 5.74) is 3.81. The summed E-state index contributed by atoms with van der Waals surface area (Å²) in [6, 6.07) is 13.6. The molecule has 4 rings (SSSR count). The molecule has 0 saturated carbocycles. The molecule has 154 valence electrons. The lowest BCUT2D eigenvalue weighted by Crippen LogP contribution is -2.15. The molecular weight excluding hydrogens is 402 g/mol. The second kappa shape index (κ2) is 8.62. The number of hydrogen-bond acceptors (Lipinski definition) is 8. The highest BCUT2D eigenvalue weighted by Crippen LogP contribution is 2.37. The van der Waals surface area contributed by atoms with Crippen LogP contribution in [0.1, 0.15) is 18.1 Å². The molecule has 7 nitrogen and oxygen atoms in total.